The Kier molecular flexibility index (Phi) is 6.32. The minimum absolute atomic E-state index is 0.0183. The molecule has 26 heavy (non-hydrogen) atoms. The van der Waals surface area contributed by atoms with Crippen molar-refractivity contribution in [3.8, 4) is 0 Å². The van der Waals surface area contributed by atoms with Crippen LogP contribution in [-0.2, 0) is 14.3 Å². The molecule has 3 rings (SSSR count). The molecule has 2 N–H and O–H groups in total. The monoisotopic (exact) mass is 377 g/mol. The number of amides is 2. The minimum atomic E-state index is -0.888. The van der Waals surface area contributed by atoms with Gasteiger partial charge < -0.3 is 15.4 Å². The smallest absolute Gasteiger partial charge is 0.313 e. The summed E-state index contributed by atoms with van der Waals surface area (Å²) in [4.78, 5) is 26.4. The summed E-state index contributed by atoms with van der Waals surface area (Å²) < 4.78 is 19.0. The summed E-state index contributed by atoms with van der Waals surface area (Å²) in [6.07, 6.45) is 0. The molecular formula is C18H20FN3O3S. The molecule has 0 radical (unpaired) electrons. The molecule has 0 spiro atoms. The summed E-state index contributed by atoms with van der Waals surface area (Å²) in [6, 6.07) is 7.70. The Morgan fingerprint density at radius 1 is 1.19 bits per heavy atom. The Hall–Kier alpha value is -2.29. The van der Waals surface area contributed by atoms with E-state index in [0.29, 0.717) is 19.8 Å². The van der Waals surface area contributed by atoms with Crippen molar-refractivity contribution in [2.24, 2.45) is 0 Å². The van der Waals surface area contributed by atoms with E-state index in [-0.39, 0.29) is 11.7 Å². The Bertz CT molecular complexity index is 748. The molecule has 0 saturated carbocycles. The Labute approximate surface area is 155 Å². The molecular weight excluding hydrogens is 357 g/mol. The molecule has 1 aliphatic heterocycles. The van der Waals surface area contributed by atoms with Gasteiger partial charge in [-0.05, 0) is 34.5 Å². The van der Waals surface area contributed by atoms with Gasteiger partial charge in [0, 0.05) is 19.6 Å². The average Bonchev–Trinajstić information content (AvgIpc) is 3.19. The molecule has 1 aromatic carbocycles. The fourth-order valence-electron chi connectivity index (χ4n) is 2.82. The topological polar surface area (TPSA) is 70.7 Å². The van der Waals surface area contributed by atoms with Gasteiger partial charge in [-0.15, -0.1) is 0 Å². The van der Waals surface area contributed by atoms with Crippen molar-refractivity contribution in [1.82, 2.24) is 10.2 Å². The van der Waals surface area contributed by atoms with Crippen LogP contribution < -0.4 is 10.6 Å². The van der Waals surface area contributed by atoms with Crippen LogP contribution in [0.5, 0.6) is 0 Å². The second-order valence-electron chi connectivity index (χ2n) is 5.86. The highest BCUT2D eigenvalue weighted by molar-refractivity contribution is 7.08. The van der Waals surface area contributed by atoms with Crippen molar-refractivity contribution in [1.29, 1.82) is 0 Å². The van der Waals surface area contributed by atoms with Crippen LogP contribution in [0.2, 0.25) is 0 Å². The van der Waals surface area contributed by atoms with Crippen LogP contribution in [0.3, 0.4) is 0 Å². The number of thiophene rings is 1. The van der Waals surface area contributed by atoms with Crippen LogP contribution >= 0.6 is 11.3 Å². The Morgan fingerprint density at radius 2 is 1.96 bits per heavy atom. The number of ether oxygens (including phenoxy) is 1. The van der Waals surface area contributed by atoms with Gasteiger partial charge in [0.05, 0.1) is 24.9 Å². The largest absolute Gasteiger partial charge is 0.379 e. The maximum atomic E-state index is 13.6. The van der Waals surface area contributed by atoms with Gasteiger partial charge in [-0.25, -0.2) is 4.39 Å². The number of hydrogen-bond acceptors (Lipinski definition) is 5. The lowest BCUT2D eigenvalue weighted by molar-refractivity contribution is -0.136. The summed E-state index contributed by atoms with van der Waals surface area (Å²) in [5.41, 5.74) is 1.07. The molecule has 0 aliphatic carbocycles. The lowest BCUT2D eigenvalue weighted by Crippen LogP contribution is -2.45. The highest BCUT2D eigenvalue weighted by Crippen LogP contribution is 2.23. The van der Waals surface area contributed by atoms with E-state index in [4.69, 9.17) is 4.74 Å². The van der Waals surface area contributed by atoms with Gasteiger partial charge in [-0.3, -0.25) is 14.5 Å². The van der Waals surface area contributed by atoms with Crippen molar-refractivity contribution in [2.75, 3.05) is 38.2 Å². The number of carbonyl (C=O) groups excluding carboxylic acids is 2. The molecule has 2 heterocycles. The number of halogens is 1. The number of anilines is 1. The lowest BCUT2D eigenvalue weighted by atomic mass is 10.1. The van der Waals surface area contributed by atoms with Crippen LogP contribution in [-0.4, -0.2) is 49.6 Å². The van der Waals surface area contributed by atoms with Crippen molar-refractivity contribution < 1.29 is 18.7 Å². The number of rotatable bonds is 5. The van der Waals surface area contributed by atoms with E-state index < -0.39 is 17.6 Å². The molecule has 0 unspecified atom stereocenters. The fourth-order valence-corrected chi connectivity index (χ4v) is 3.53. The van der Waals surface area contributed by atoms with Crippen LogP contribution in [0.1, 0.15) is 11.6 Å². The third-order valence-electron chi connectivity index (χ3n) is 4.20. The Morgan fingerprint density at radius 3 is 2.65 bits per heavy atom. The average molecular weight is 377 g/mol. The number of hydrogen-bond donors (Lipinski definition) is 2. The molecule has 1 aliphatic rings. The minimum Gasteiger partial charge on any atom is -0.379 e. The second kappa shape index (κ2) is 8.88. The first kappa shape index (κ1) is 18.5. The van der Waals surface area contributed by atoms with Gasteiger partial charge in [0.15, 0.2) is 0 Å². The molecule has 2 aromatic rings. The summed E-state index contributed by atoms with van der Waals surface area (Å²) in [5, 5.41) is 8.96. The molecule has 1 aromatic heterocycles. The third-order valence-corrected chi connectivity index (χ3v) is 4.90. The molecule has 1 atom stereocenters. The number of para-hydroxylation sites is 1. The number of nitrogens with one attached hydrogen (secondary N) is 2. The van der Waals surface area contributed by atoms with Crippen molar-refractivity contribution in [3.05, 3.63) is 52.5 Å². The normalized spacial score (nSPS) is 16.0. The summed E-state index contributed by atoms with van der Waals surface area (Å²) in [5.74, 6) is -2.26. The predicted molar refractivity (Wildman–Crippen MR) is 97.5 cm³/mol. The fraction of sp³-hybridized carbons (Fsp3) is 0.333. The Balaban J connectivity index is 1.60. The lowest BCUT2D eigenvalue weighted by Gasteiger charge is -2.34. The van der Waals surface area contributed by atoms with E-state index in [9.17, 15) is 14.0 Å². The van der Waals surface area contributed by atoms with Gasteiger partial charge in [0.1, 0.15) is 5.82 Å². The van der Waals surface area contributed by atoms with E-state index in [0.717, 1.165) is 18.7 Å². The molecule has 8 heteroatoms. The van der Waals surface area contributed by atoms with E-state index in [1.807, 2.05) is 16.8 Å². The highest BCUT2D eigenvalue weighted by Gasteiger charge is 2.25. The molecule has 1 saturated heterocycles. The first-order valence-electron chi connectivity index (χ1n) is 8.33. The molecule has 0 bridgehead atoms. The van der Waals surface area contributed by atoms with E-state index in [1.165, 1.54) is 18.2 Å². The predicted octanol–water partition coefficient (Wildman–Crippen LogP) is 2.02. The highest BCUT2D eigenvalue weighted by atomic mass is 32.1. The van der Waals surface area contributed by atoms with Crippen LogP contribution in [0.4, 0.5) is 10.1 Å². The van der Waals surface area contributed by atoms with Crippen LogP contribution in [0, 0.1) is 5.82 Å². The van der Waals surface area contributed by atoms with Crippen molar-refractivity contribution in [2.45, 2.75) is 6.04 Å². The first-order valence-corrected chi connectivity index (χ1v) is 9.27. The number of benzene rings is 1. The molecule has 2 amide bonds. The molecule has 1 fully saturated rings. The zero-order valence-electron chi connectivity index (χ0n) is 14.1. The number of carbonyl (C=O) groups is 2. The van der Waals surface area contributed by atoms with Gasteiger partial charge in [0.25, 0.3) is 0 Å². The molecule has 138 valence electrons. The van der Waals surface area contributed by atoms with E-state index in [2.05, 4.69) is 15.5 Å². The van der Waals surface area contributed by atoms with Crippen molar-refractivity contribution in [3.63, 3.8) is 0 Å². The number of nitrogens with zero attached hydrogens (tertiary/aromatic N) is 1. The maximum Gasteiger partial charge on any atom is 0.313 e. The van der Waals surface area contributed by atoms with Crippen LogP contribution in [0.25, 0.3) is 0 Å². The summed E-state index contributed by atoms with van der Waals surface area (Å²) in [6.45, 7) is 3.10. The summed E-state index contributed by atoms with van der Waals surface area (Å²) in [7, 11) is 0. The van der Waals surface area contributed by atoms with Crippen LogP contribution in [0.15, 0.2) is 41.1 Å². The maximum absolute atomic E-state index is 13.6. The van der Waals surface area contributed by atoms with Gasteiger partial charge in [0.2, 0.25) is 0 Å². The quantitative estimate of drug-likeness (QED) is 0.782. The van der Waals surface area contributed by atoms with Gasteiger partial charge >= 0.3 is 11.8 Å². The van der Waals surface area contributed by atoms with Crippen molar-refractivity contribution >= 4 is 28.8 Å². The second-order valence-corrected chi connectivity index (χ2v) is 6.64. The first-order chi connectivity index (χ1) is 12.6. The zero-order chi connectivity index (χ0) is 18.4. The zero-order valence-corrected chi connectivity index (χ0v) is 14.9. The van der Waals surface area contributed by atoms with Gasteiger partial charge in [-0.1, -0.05) is 12.1 Å². The molecule has 6 nitrogen and oxygen atoms in total. The SMILES string of the molecule is O=C(NC[C@@H](c1ccsc1)N1CCOCC1)C(=O)Nc1ccccc1F. The van der Waals surface area contributed by atoms with E-state index in [1.54, 1.807) is 17.4 Å². The standard InChI is InChI=1S/C18H20FN3O3S/c19-14-3-1-2-4-15(14)21-18(24)17(23)20-11-16(13-5-10-26-12-13)22-6-8-25-9-7-22/h1-5,10,12,16H,6-9,11H2,(H,20,23)(H,21,24)/t16-/m0/s1. The van der Waals surface area contributed by atoms with E-state index >= 15 is 0 Å². The third kappa shape index (κ3) is 4.66. The van der Waals surface area contributed by atoms with Gasteiger partial charge in [-0.2, -0.15) is 11.3 Å². The summed E-state index contributed by atoms with van der Waals surface area (Å²) >= 11 is 1.58. The number of morpholine rings is 1.